The second-order valence-electron chi connectivity index (χ2n) is 6.22. The first-order valence-electron chi connectivity index (χ1n) is 6.57. The second kappa shape index (κ2) is 4.85. The zero-order valence-corrected chi connectivity index (χ0v) is 12.0. The van der Waals surface area contributed by atoms with E-state index in [-0.39, 0.29) is 0 Å². The van der Waals surface area contributed by atoms with Gasteiger partial charge in [0.15, 0.2) is 0 Å². The quantitative estimate of drug-likeness (QED) is 0.649. The molecule has 1 aromatic carbocycles. The summed E-state index contributed by atoms with van der Waals surface area (Å²) in [4.78, 5) is 0. The van der Waals surface area contributed by atoms with Crippen molar-refractivity contribution >= 4 is 0 Å². The van der Waals surface area contributed by atoms with Crippen molar-refractivity contribution in [2.75, 3.05) is 0 Å². The van der Waals surface area contributed by atoms with E-state index in [0.29, 0.717) is 6.42 Å². The summed E-state index contributed by atoms with van der Waals surface area (Å²) in [7, 11) is 0. The molecule has 0 N–H and O–H groups in total. The molecule has 0 atom stereocenters. The fraction of sp³-hybridized carbons (Fsp3) is 0.412. The highest BCUT2D eigenvalue weighted by molar-refractivity contribution is 5.43. The maximum absolute atomic E-state index is 12.2. The van der Waals surface area contributed by atoms with E-state index in [2.05, 4.69) is 11.8 Å². The number of hydrogen-bond donors (Lipinski definition) is 0. The minimum Gasteiger partial charge on any atom is -0.140 e. The average Bonchev–Trinajstić information content (AvgIpc) is 2.34. The minimum atomic E-state index is -0.498. The first kappa shape index (κ1) is 13.9. The molecule has 0 fully saturated rings. The summed E-state index contributed by atoms with van der Waals surface area (Å²) in [5, 5.41) is 13.4. The van der Waals surface area contributed by atoms with Gasteiger partial charge < -0.3 is 0 Å². The molecule has 19 heavy (non-hydrogen) atoms. The molecule has 0 saturated carbocycles. The Hall–Kier alpha value is -1.56. The monoisotopic (exact) mass is 254 g/mol. The van der Waals surface area contributed by atoms with Gasteiger partial charge in [-0.05, 0) is 39.8 Å². The Labute approximate surface area is 115 Å². The maximum atomic E-state index is 12.2. The molecule has 2 rings (SSSR count). The lowest BCUT2D eigenvalue weighted by atomic mass is 9.83. The van der Waals surface area contributed by atoms with Crippen molar-refractivity contribution in [1.82, 2.24) is 5.06 Å². The molecule has 0 aliphatic carbocycles. The van der Waals surface area contributed by atoms with E-state index in [9.17, 15) is 5.21 Å². The van der Waals surface area contributed by atoms with E-state index in [1.807, 2.05) is 64.1 Å². The Balaban J connectivity index is 2.30. The molecule has 1 aliphatic rings. The molecular formula is C17H20NO. The largest absolute Gasteiger partial charge is 0.140 e. The van der Waals surface area contributed by atoms with Gasteiger partial charge in [0.05, 0.1) is 5.54 Å². The third-order valence-electron chi connectivity index (χ3n) is 3.36. The fourth-order valence-corrected chi connectivity index (χ4v) is 2.61. The van der Waals surface area contributed by atoms with Crippen LogP contribution in [0.5, 0.6) is 0 Å². The van der Waals surface area contributed by atoms with Crippen molar-refractivity contribution < 1.29 is 5.21 Å². The average molecular weight is 254 g/mol. The third-order valence-corrected chi connectivity index (χ3v) is 3.36. The Morgan fingerprint density at radius 2 is 1.68 bits per heavy atom. The summed E-state index contributed by atoms with van der Waals surface area (Å²) >= 11 is 0. The van der Waals surface area contributed by atoms with E-state index >= 15 is 0 Å². The topological polar surface area (TPSA) is 23.1 Å². The first-order chi connectivity index (χ1) is 8.81. The fourth-order valence-electron chi connectivity index (χ4n) is 2.61. The molecule has 1 heterocycles. The Kier molecular flexibility index (Phi) is 3.54. The van der Waals surface area contributed by atoms with E-state index < -0.39 is 11.1 Å². The number of hydroxylamine groups is 2. The highest BCUT2D eigenvalue weighted by Gasteiger charge is 2.41. The SMILES string of the molecule is CC1(C)C=C(C#Cc2ccccc2)CC(C)(C)N1[O]. The van der Waals surface area contributed by atoms with Crippen molar-refractivity contribution in [3.8, 4) is 11.8 Å². The van der Waals surface area contributed by atoms with Gasteiger partial charge in [-0.2, -0.15) is 0 Å². The number of benzene rings is 1. The van der Waals surface area contributed by atoms with Crippen LogP contribution in [0.1, 0.15) is 39.7 Å². The molecule has 0 spiro atoms. The summed E-state index contributed by atoms with van der Waals surface area (Å²) in [5.41, 5.74) is 1.15. The van der Waals surface area contributed by atoms with Gasteiger partial charge >= 0.3 is 0 Å². The van der Waals surface area contributed by atoms with E-state index in [4.69, 9.17) is 0 Å². The van der Waals surface area contributed by atoms with Gasteiger partial charge in [-0.25, -0.2) is 0 Å². The molecule has 99 valence electrons. The lowest BCUT2D eigenvalue weighted by molar-refractivity contribution is -0.262. The standard InChI is InChI=1S/C17H20NO/c1-16(2)12-15(13-17(3,4)18(16)19)11-10-14-8-6-5-7-9-14/h5-9,12H,13H2,1-4H3. The van der Waals surface area contributed by atoms with Crippen LogP contribution in [0.15, 0.2) is 42.0 Å². The van der Waals surface area contributed by atoms with Crippen molar-refractivity contribution in [2.45, 2.75) is 45.2 Å². The molecule has 0 amide bonds. The zero-order chi connectivity index (χ0) is 14.1. The summed E-state index contributed by atoms with van der Waals surface area (Å²) in [5.74, 6) is 6.38. The maximum Gasteiger partial charge on any atom is 0.0634 e. The molecule has 1 aromatic rings. The van der Waals surface area contributed by atoms with E-state index in [0.717, 1.165) is 11.1 Å². The molecule has 2 heteroatoms. The van der Waals surface area contributed by atoms with Gasteiger partial charge in [0.2, 0.25) is 0 Å². The molecular weight excluding hydrogens is 234 g/mol. The third kappa shape index (κ3) is 3.07. The smallest absolute Gasteiger partial charge is 0.0634 e. The van der Waals surface area contributed by atoms with E-state index in [1.54, 1.807) is 0 Å². The Bertz CT molecular complexity index is 544. The predicted molar refractivity (Wildman–Crippen MR) is 76.7 cm³/mol. The van der Waals surface area contributed by atoms with Gasteiger partial charge in [-0.1, -0.05) is 36.1 Å². The summed E-state index contributed by atoms with van der Waals surface area (Å²) in [6.07, 6.45) is 2.68. The molecule has 2 nitrogen and oxygen atoms in total. The number of rotatable bonds is 0. The van der Waals surface area contributed by atoms with Crippen LogP contribution >= 0.6 is 0 Å². The normalized spacial score (nSPS) is 21.2. The van der Waals surface area contributed by atoms with E-state index in [1.165, 1.54) is 5.06 Å². The lowest BCUT2D eigenvalue weighted by Crippen LogP contribution is -2.54. The van der Waals surface area contributed by atoms with Crippen molar-refractivity contribution in [3.05, 3.63) is 47.5 Å². The van der Waals surface area contributed by atoms with Crippen molar-refractivity contribution in [2.24, 2.45) is 0 Å². The van der Waals surface area contributed by atoms with Crippen LogP contribution in [0, 0.1) is 11.8 Å². The molecule has 1 aliphatic heterocycles. The zero-order valence-electron chi connectivity index (χ0n) is 12.0. The Morgan fingerprint density at radius 3 is 2.26 bits per heavy atom. The molecule has 0 bridgehead atoms. The van der Waals surface area contributed by atoms with Crippen LogP contribution in [0.4, 0.5) is 0 Å². The Morgan fingerprint density at radius 1 is 1.05 bits per heavy atom. The van der Waals surface area contributed by atoms with Crippen molar-refractivity contribution in [1.29, 1.82) is 0 Å². The highest BCUT2D eigenvalue weighted by atomic mass is 16.5. The molecule has 0 unspecified atom stereocenters. The number of nitrogens with zero attached hydrogens (tertiary/aromatic N) is 1. The van der Waals surface area contributed by atoms with Crippen LogP contribution in [0.3, 0.4) is 0 Å². The van der Waals surface area contributed by atoms with Crippen LogP contribution in [-0.4, -0.2) is 16.1 Å². The highest BCUT2D eigenvalue weighted by Crippen LogP contribution is 2.35. The second-order valence-corrected chi connectivity index (χ2v) is 6.22. The van der Waals surface area contributed by atoms with Gasteiger partial charge in [0.25, 0.3) is 0 Å². The minimum absolute atomic E-state index is 0.404. The van der Waals surface area contributed by atoms with Gasteiger partial charge in [0, 0.05) is 23.1 Å². The number of hydrogen-bond acceptors (Lipinski definition) is 1. The van der Waals surface area contributed by atoms with Crippen molar-refractivity contribution in [3.63, 3.8) is 0 Å². The van der Waals surface area contributed by atoms with Crippen LogP contribution in [0.25, 0.3) is 0 Å². The first-order valence-corrected chi connectivity index (χ1v) is 6.57. The summed E-state index contributed by atoms with van der Waals surface area (Å²) in [6, 6.07) is 9.92. The predicted octanol–water partition coefficient (Wildman–Crippen LogP) is 3.57. The van der Waals surface area contributed by atoms with Gasteiger partial charge in [0.1, 0.15) is 0 Å². The molecule has 0 aromatic heterocycles. The van der Waals surface area contributed by atoms with Crippen LogP contribution < -0.4 is 0 Å². The van der Waals surface area contributed by atoms with Gasteiger partial charge in [-0.3, -0.25) is 0 Å². The van der Waals surface area contributed by atoms with Crippen LogP contribution in [-0.2, 0) is 5.21 Å². The van der Waals surface area contributed by atoms with Crippen LogP contribution in [0.2, 0.25) is 0 Å². The summed E-state index contributed by atoms with van der Waals surface area (Å²) in [6.45, 7) is 7.81. The lowest BCUT2D eigenvalue weighted by Gasteiger charge is -2.44. The molecule has 1 radical (unpaired) electrons. The molecule has 0 saturated heterocycles. The summed E-state index contributed by atoms with van der Waals surface area (Å²) < 4.78 is 0. The van der Waals surface area contributed by atoms with Gasteiger partial charge in [-0.15, -0.1) is 10.3 Å².